The Labute approximate surface area is 164 Å². The van der Waals surface area contributed by atoms with E-state index in [4.69, 9.17) is 4.74 Å². The lowest BCUT2D eigenvalue weighted by atomic mass is 10.0. The average Bonchev–Trinajstić information content (AvgIpc) is 3.16. The molecule has 1 N–H and O–H groups in total. The molecule has 1 saturated heterocycles. The van der Waals surface area contributed by atoms with Gasteiger partial charge >= 0.3 is 5.97 Å². The number of esters is 1. The van der Waals surface area contributed by atoms with E-state index in [9.17, 15) is 14.4 Å². The topological polar surface area (TPSA) is 75.7 Å². The maximum atomic E-state index is 12.5. The molecule has 0 unspecified atom stereocenters. The molecular formula is C22H24N2O4. The zero-order chi connectivity index (χ0) is 19.9. The molecule has 0 radical (unpaired) electrons. The predicted octanol–water partition coefficient (Wildman–Crippen LogP) is 2.89. The van der Waals surface area contributed by atoms with Crippen molar-refractivity contribution in [3.63, 3.8) is 0 Å². The molecule has 1 fully saturated rings. The maximum Gasteiger partial charge on any atom is 0.340 e. The molecule has 1 aliphatic rings. The summed E-state index contributed by atoms with van der Waals surface area (Å²) in [6, 6.07) is 16.7. The smallest absolute Gasteiger partial charge is 0.340 e. The largest absolute Gasteiger partial charge is 0.452 e. The first-order valence-corrected chi connectivity index (χ1v) is 9.44. The Morgan fingerprint density at radius 2 is 1.82 bits per heavy atom. The first-order valence-electron chi connectivity index (χ1n) is 9.44. The number of carbonyl (C=O) groups excluding carboxylic acids is 3. The molecule has 0 spiro atoms. The van der Waals surface area contributed by atoms with Crippen molar-refractivity contribution in [2.75, 3.05) is 24.6 Å². The number of amides is 2. The van der Waals surface area contributed by atoms with Gasteiger partial charge in [-0.05, 0) is 30.0 Å². The third-order valence-corrected chi connectivity index (χ3v) is 4.80. The van der Waals surface area contributed by atoms with Gasteiger partial charge in [0, 0.05) is 19.5 Å². The number of nitrogens with one attached hydrogen (secondary N) is 1. The highest BCUT2D eigenvalue weighted by atomic mass is 16.5. The van der Waals surface area contributed by atoms with Crippen LogP contribution in [0.2, 0.25) is 0 Å². The van der Waals surface area contributed by atoms with E-state index in [0.29, 0.717) is 30.8 Å². The molecule has 6 nitrogen and oxygen atoms in total. The summed E-state index contributed by atoms with van der Waals surface area (Å²) in [6.45, 7) is 2.70. The Morgan fingerprint density at radius 1 is 1.11 bits per heavy atom. The van der Waals surface area contributed by atoms with E-state index in [1.807, 2.05) is 37.3 Å². The lowest BCUT2D eigenvalue weighted by Crippen LogP contribution is -2.32. The minimum absolute atomic E-state index is 0.00658. The predicted molar refractivity (Wildman–Crippen MR) is 106 cm³/mol. The molecule has 2 aromatic carbocycles. The van der Waals surface area contributed by atoms with Crippen LogP contribution in [0, 0.1) is 0 Å². The maximum absolute atomic E-state index is 12.5. The lowest BCUT2D eigenvalue weighted by Gasteiger charge is -2.19. The van der Waals surface area contributed by atoms with Crippen molar-refractivity contribution in [2.45, 2.75) is 25.7 Å². The van der Waals surface area contributed by atoms with E-state index in [1.165, 1.54) is 0 Å². The Morgan fingerprint density at radius 3 is 2.54 bits per heavy atom. The third kappa shape index (κ3) is 4.76. The summed E-state index contributed by atoms with van der Waals surface area (Å²) < 4.78 is 5.17. The minimum Gasteiger partial charge on any atom is -0.452 e. The molecule has 0 bridgehead atoms. The fraction of sp³-hybridized carbons (Fsp3) is 0.318. The van der Waals surface area contributed by atoms with Gasteiger partial charge in [-0.3, -0.25) is 9.59 Å². The molecule has 2 aromatic rings. The molecule has 1 atom stereocenters. The second kappa shape index (κ2) is 9.17. The Hall–Kier alpha value is -3.15. The zero-order valence-electron chi connectivity index (χ0n) is 15.9. The van der Waals surface area contributed by atoms with Gasteiger partial charge in [-0.15, -0.1) is 0 Å². The summed E-state index contributed by atoms with van der Waals surface area (Å²) in [4.78, 5) is 38.1. The fourth-order valence-electron chi connectivity index (χ4n) is 3.21. The van der Waals surface area contributed by atoms with Crippen LogP contribution in [0.4, 0.5) is 5.69 Å². The normalized spacial score (nSPS) is 14.6. The second-order valence-electron chi connectivity index (χ2n) is 6.86. The quantitative estimate of drug-likeness (QED) is 0.750. The summed E-state index contributed by atoms with van der Waals surface area (Å²) in [5, 5.41) is 2.78. The first kappa shape index (κ1) is 19.6. The second-order valence-corrected chi connectivity index (χ2v) is 6.86. The van der Waals surface area contributed by atoms with Gasteiger partial charge in [0.05, 0.1) is 11.3 Å². The number of nitrogens with zero attached hydrogens (tertiary/aromatic N) is 1. The Kier molecular flexibility index (Phi) is 6.42. The molecule has 0 aliphatic carbocycles. The highest BCUT2D eigenvalue weighted by Gasteiger charge is 2.26. The van der Waals surface area contributed by atoms with Crippen molar-refractivity contribution in [3.8, 4) is 0 Å². The van der Waals surface area contributed by atoms with Crippen LogP contribution in [-0.2, 0) is 14.3 Å². The standard InChI is InChI=1S/C22H24N2O4/c1-16(17-8-3-2-4-9-17)14-23-20(25)15-28-22(27)18-10-5-6-11-19(18)24-13-7-12-21(24)26/h2-6,8-11,16H,7,12-15H2,1H3,(H,23,25)/t16-/m0/s1. The van der Waals surface area contributed by atoms with Crippen molar-refractivity contribution in [2.24, 2.45) is 0 Å². The average molecular weight is 380 g/mol. The number of hydrogen-bond donors (Lipinski definition) is 1. The van der Waals surface area contributed by atoms with Gasteiger partial charge in [-0.2, -0.15) is 0 Å². The van der Waals surface area contributed by atoms with Crippen molar-refractivity contribution in [1.29, 1.82) is 0 Å². The molecule has 6 heteroatoms. The van der Waals surface area contributed by atoms with Crippen LogP contribution >= 0.6 is 0 Å². The summed E-state index contributed by atoms with van der Waals surface area (Å²) in [5.74, 6) is -0.817. The summed E-state index contributed by atoms with van der Waals surface area (Å²) in [6.07, 6.45) is 1.25. The summed E-state index contributed by atoms with van der Waals surface area (Å²) in [5.41, 5.74) is 1.96. The molecule has 3 rings (SSSR count). The van der Waals surface area contributed by atoms with Crippen LogP contribution in [-0.4, -0.2) is 37.5 Å². The van der Waals surface area contributed by atoms with Crippen molar-refractivity contribution in [1.82, 2.24) is 5.32 Å². The van der Waals surface area contributed by atoms with E-state index in [0.717, 1.165) is 12.0 Å². The molecule has 28 heavy (non-hydrogen) atoms. The third-order valence-electron chi connectivity index (χ3n) is 4.80. The fourth-order valence-corrected chi connectivity index (χ4v) is 3.21. The minimum atomic E-state index is -0.610. The van der Waals surface area contributed by atoms with Crippen molar-refractivity contribution in [3.05, 3.63) is 65.7 Å². The molecule has 1 heterocycles. The van der Waals surface area contributed by atoms with Gasteiger partial charge in [0.25, 0.3) is 5.91 Å². The molecule has 146 valence electrons. The number of rotatable bonds is 7. The molecular weight excluding hydrogens is 356 g/mol. The van der Waals surface area contributed by atoms with Crippen LogP contribution in [0.15, 0.2) is 54.6 Å². The van der Waals surface area contributed by atoms with Crippen LogP contribution in [0.5, 0.6) is 0 Å². The zero-order valence-corrected chi connectivity index (χ0v) is 15.9. The Balaban J connectivity index is 1.53. The van der Waals surface area contributed by atoms with Crippen LogP contribution in [0.1, 0.15) is 41.6 Å². The van der Waals surface area contributed by atoms with Gasteiger partial charge in [0.2, 0.25) is 5.91 Å². The van der Waals surface area contributed by atoms with Crippen LogP contribution < -0.4 is 10.2 Å². The number of hydrogen-bond acceptors (Lipinski definition) is 4. The van der Waals surface area contributed by atoms with Gasteiger partial charge in [-0.25, -0.2) is 4.79 Å². The van der Waals surface area contributed by atoms with E-state index in [1.54, 1.807) is 29.2 Å². The van der Waals surface area contributed by atoms with Gasteiger partial charge < -0.3 is 15.0 Å². The first-order chi connectivity index (χ1) is 13.6. The van der Waals surface area contributed by atoms with E-state index < -0.39 is 5.97 Å². The number of para-hydroxylation sites is 1. The SMILES string of the molecule is C[C@@H](CNC(=O)COC(=O)c1ccccc1N1CCCC1=O)c1ccccc1. The highest BCUT2D eigenvalue weighted by molar-refractivity contribution is 6.03. The van der Waals surface area contributed by atoms with Crippen LogP contribution in [0.25, 0.3) is 0 Å². The lowest BCUT2D eigenvalue weighted by molar-refractivity contribution is -0.124. The molecule has 2 amide bonds. The van der Waals surface area contributed by atoms with E-state index in [-0.39, 0.29) is 24.3 Å². The Bertz CT molecular complexity index is 851. The van der Waals surface area contributed by atoms with E-state index in [2.05, 4.69) is 5.32 Å². The highest BCUT2D eigenvalue weighted by Crippen LogP contribution is 2.25. The number of ether oxygens (including phenoxy) is 1. The number of anilines is 1. The summed E-state index contributed by atoms with van der Waals surface area (Å²) >= 11 is 0. The molecule has 1 aliphatic heterocycles. The molecule has 0 saturated carbocycles. The number of benzene rings is 2. The van der Waals surface area contributed by atoms with Gasteiger partial charge in [0.15, 0.2) is 6.61 Å². The molecule has 0 aromatic heterocycles. The monoisotopic (exact) mass is 380 g/mol. The van der Waals surface area contributed by atoms with E-state index >= 15 is 0 Å². The van der Waals surface area contributed by atoms with Gasteiger partial charge in [-0.1, -0.05) is 49.4 Å². The van der Waals surface area contributed by atoms with Gasteiger partial charge in [0.1, 0.15) is 0 Å². The van der Waals surface area contributed by atoms with Crippen LogP contribution in [0.3, 0.4) is 0 Å². The summed E-state index contributed by atoms with van der Waals surface area (Å²) in [7, 11) is 0. The van der Waals surface area contributed by atoms with Crippen molar-refractivity contribution >= 4 is 23.5 Å². The van der Waals surface area contributed by atoms with Crippen molar-refractivity contribution < 1.29 is 19.1 Å². The number of carbonyl (C=O) groups is 3.